The number of nitrogens with zero attached hydrogens (tertiary/aromatic N) is 1. The second kappa shape index (κ2) is 6.91. The third-order valence-corrected chi connectivity index (χ3v) is 3.11. The van der Waals surface area contributed by atoms with Crippen LogP contribution in [0, 0.1) is 17.0 Å². The average molecular weight is 321 g/mol. The summed E-state index contributed by atoms with van der Waals surface area (Å²) in [6.07, 6.45) is 0. The van der Waals surface area contributed by atoms with Crippen molar-refractivity contribution in [2.75, 3.05) is 11.9 Å². The molecule has 0 spiro atoms. The highest BCUT2D eigenvalue weighted by molar-refractivity contribution is 6.32. The fraction of sp³-hybridized carbons (Fsp3) is 0.133. The number of amides is 1. The monoisotopic (exact) mass is 320 g/mol. The normalized spacial score (nSPS) is 10.1. The maximum atomic E-state index is 11.8. The SMILES string of the molecule is Cc1cccc(OCC(=O)Nc2ccc(Cl)c([N+](=O)[O-])c2)c1. The minimum Gasteiger partial charge on any atom is -0.484 e. The fourth-order valence-electron chi connectivity index (χ4n) is 1.78. The van der Waals surface area contributed by atoms with Crippen LogP contribution in [-0.2, 0) is 4.79 Å². The van der Waals surface area contributed by atoms with E-state index in [1.54, 1.807) is 12.1 Å². The molecule has 1 amide bonds. The Hall–Kier alpha value is -2.60. The van der Waals surface area contributed by atoms with E-state index in [1.807, 2.05) is 19.1 Å². The molecule has 2 aromatic rings. The van der Waals surface area contributed by atoms with E-state index < -0.39 is 10.8 Å². The van der Waals surface area contributed by atoms with Crippen LogP contribution in [0.25, 0.3) is 0 Å². The molecule has 0 aliphatic carbocycles. The number of hydrogen-bond donors (Lipinski definition) is 1. The lowest BCUT2D eigenvalue weighted by molar-refractivity contribution is -0.384. The topological polar surface area (TPSA) is 81.5 Å². The lowest BCUT2D eigenvalue weighted by Gasteiger charge is -2.08. The summed E-state index contributed by atoms with van der Waals surface area (Å²) in [7, 11) is 0. The first-order valence-corrected chi connectivity index (χ1v) is 6.77. The van der Waals surface area contributed by atoms with Crippen LogP contribution < -0.4 is 10.1 Å². The minimum atomic E-state index is -0.610. The molecule has 0 aliphatic heterocycles. The second-order valence-electron chi connectivity index (χ2n) is 4.58. The van der Waals surface area contributed by atoms with Crippen molar-refractivity contribution in [1.29, 1.82) is 0 Å². The third kappa shape index (κ3) is 4.20. The van der Waals surface area contributed by atoms with Crippen molar-refractivity contribution in [2.24, 2.45) is 0 Å². The van der Waals surface area contributed by atoms with Gasteiger partial charge in [-0.1, -0.05) is 23.7 Å². The lowest BCUT2D eigenvalue weighted by Crippen LogP contribution is -2.20. The van der Waals surface area contributed by atoms with Crippen LogP contribution in [0.1, 0.15) is 5.56 Å². The Morgan fingerprint density at radius 1 is 1.32 bits per heavy atom. The van der Waals surface area contributed by atoms with E-state index in [0.717, 1.165) is 5.56 Å². The van der Waals surface area contributed by atoms with Crippen molar-refractivity contribution >= 4 is 28.9 Å². The summed E-state index contributed by atoms with van der Waals surface area (Å²) in [5.74, 6) is 0.162. The number of ether oxygens (including phenoxy) is 1. The first-order valence-electron chi connectivity index (χ1n) is 6.39. The Kier molecular flexibility index (Phi) is 4.95. The van der Waals surface area contributed by atoms with E-state index in [2.05, 4.69) is 5.32 Å². The highest BCUT2D eigenvalue weighted by atomic mass is 35.5. The van der Waals surface area contributed by atoms with Crippen LogP contribution in [0.5, 0.6) is 5.75 Å². The summed E-state index contributed by atoms with van der Waals surface area (Å²) in [5, 5.41) is 13.3. The van der Waals surface area contributed by atoms with Gasteiger partial charge in [0.15, 0.2) is 6.61 Å². The van der Waals surface area contributed by atoms with E-state index in [-0.39, 0.29) is 23.0 Å². The Morgan fingerprint density at radius 2 is 2.09 bits per heavy atom. The number of nitrogens with one attached hydrogen (secondary N) is 1. The largest absolute Gasteiger partial charge is 0.484 e. The molecule has 1 N–H and O–H groups in total. The lowest BCUT2D eigenvalue weighted by atomic mass is 10.2. The Morgan fingerprint density at radius 3 is 2.77 bits per heavy atom. The molecule has 2 rings (SSSR count). The van der Waals surface area contributed by atoms with Gasteiger partial charge in [0.1, 0.15) is 10.8 Å². The highest BCUT2D eigenvalue weighted by Crippen LogP contribution is 2.27. The van der Waals surface area contributed by atoms with Crippen molar-refractivity contribution in [3.05, 3.63) is 63.2 Å². The molecule has 0 fully saturated rings. The molecule has 0 saturated heterocycles. The number of aryl methyl sites for hydroxylation is 1. The summed E-state index contributed by atoms with van der Waals surface area (Å²) < 4.78 is 5.35. The average Bonchev–Trinajstić information content (AvgIpc) is 2.47. The standard InChI is InChI=1S/C15H13ClN2O4/c1-10-3-2-4-12(7-10)22-9-15(19)17-11-5-6-13(16)14(8-11)18(20)21/h2-8H,9H2,1H3,(H,17,19). The van der Waals surface area contributed by atoms with Crippen LogP contribution in [0.4, 0.5) is 11.4 Å². The van der Waals surface area contributed by atoms with Gasteiger partial charge in [-0.3, -0.25) is 14.9 Å². The summed E-state index contributed by atoms with van der Waals surface area (Å²) >= 11 is 5.70. The van der Waals surface area contributed by atoms with Crippen molar-refractivity contribution < 1.29 is 14.5 Å². The second-order valence-corrected chi connectivity index (χ2v) is 4.98. The number of carbonyl (C=O) groups is 1. The van der Waals surface area contributed by atoms with Gasteiger partial charge in [0, 0.05) is 11.8 Å². The predicted octanol–water partition coefficient (Wildman–Crippen LogP) is 3.57. The van der Waals surface area contributed by atoms with E-state index in [1.165, 1.54) is 18.2 Å². The van der Waals surface area contributed by atoms with Crippen LogP contribution >= 0.6 is 11.6 Å². The molecule has 6 nitrogen and oxygen atoms in total. The van der Waals surface area contributed by atoms with E-state index in [0.29, 0.717) is 5.75 Å². The van der Waals surface area contributed by atoms with Crippen molar-refractivity contribution in [1.82, 2.24) is 0 Å². The van der Waals surface area contributed by atoms with Gasteiger partial charge in [0.2, 0.25) is 0 Å². The molecule has 0 aliphatic rings. The number of halogens is 1. The molecule has 0 heterocycles. The number of nitro benzene ring substituents is 1. The van der Waals surface area contributed by atoms with Gasteiger partial charge < -0.3 is 10.1 Å². The molecular formula is C15H13ClN2O4. The van der Waals surface area contributed by atoms with Crippen molar-refractivity contribution in [3.8, 4) is 5.75 Å². The maximum absolute atomic E-state index is 11.8. The van der Waals surface area contributed by atoms with Gasteiger partial charge in [-0.15, -0.1) is 0 Å². The number of carbonyl (C=O) groups excluding carboxylic acids is 1. The fourth-order valence-corrected chi connectivity index (χ4v) is 1.97. The summed E-state index contributed by atoms with van der Waals surface area (Å²) in [6.45, 7) is 1.72. The van der Waals surface area contributed by atoms with E-state index in [9.17, 15) is 14.9 Å². The molecule has 0 atom stereocenters. The molecule has 114 valence electrons. The zero-order chi connectivity index (χ0) is 16.1. The first kappa shape index (κ1) is 15.8. The zero-order valence-corrected chi connectivity index (χ0v) is 12.5. The van der Waals surface area contributed by atoms with Crippen LogP contribution in [0.3, 0.4) is 0 Å². The number of rotatable bonds is 5. The number of nitro groups is 1. The molecule has 2 aromatic carbocycles. The van der Waals surface area contributed by atoms with Gasteiger partial charge in [0.05, 0.1) is 4.92 Å². The first-order chi connectivity index (χ1) is 10.5. The number of anilines is 1. The van der Waals surface area contributed by atoms with Crippen LogP contribution in [-0.4, -0.2) is 17.4 Å². The highest BCUT2D eigenvalue weighted by Gasteiger charge is 2.14. The molecule has 0 bridgehead atoms. The number of hydrogen-bond acceptors (Lipinski definition) is 4. The smallest absolute Gasteiger partial charge is 0.289 e. The molecule has 0 unspecified atom stereocenters. The van der Waals surface area contributed by atoms with Crippen molar-refractivity contribution in [3.63, 3.8) is 0 Å². The van der Waals surface area contributed by atoms with E-state index >= 15 is 0 Å². The van der Waals surface area contributed by atoms with Crippen LogP contribution in [0.2, 0.25) is 5.02 Å². The molecule has 0 radical (unpaired) electrons. The predicted molar refractivity (Wildman–Crippen MR) is 83.4 cm³/mol. The maximum Gasteiger partial charge on any atom is 0.289 e. The quantitative estimate of drug-likeness (QED) is 0.674. The van der Waals surface area contributed by atoms with Gasteiger partial charge in [-0.05, 0) is 36.8 Å². The van der Waals surface area contributed by atoms with Gasteiger partial charge in [-0.25, -0.2) is 0 Å². The molecular weight excluding hydrogens is 308 g/mol. The molecule has 0 aromatic heterocycles. The van der Waals surface area contributed by atoms with Crippen molar-refractivity contribution in [2.45, 2.75) is 6.92 Å². The van der Waals surface area contributed by atoms with Gasteiger partial charge in [-0.2, -0.15) is 0 Å². The number of benzene rings is 2. The third-order valence-electron chi connectivity index (χ3n) is 2.79. The molecule has 22 heavy (non-hydrogen) atoms. The van der Waals surface area contributed by atoms with Crippen LogP contribution in [0.15, 0.2) is 42.5 Å². The van der Waals surface area contributed by atoms with Gasteiger partial charge >= 0.3 is 0 Å². The van der Waals surface area contributed by atoms with Gasteiger partial charge in [0.25, 0.3) is 11.6 Å². The summed E-state index contributed by atoms with van der Waals surface area (Å²) in [4.78, 5) is 22.0. The Labute approximate surface area is 131 Å². The molecule has 7 heteroatoms. The Bertz CT molecular complexity index is 718. The summed E-state index contributed by atoms with van der Waals surface area (Å²) in [6, 6.07) is 11.3. The summed E-state index contributed by atoms with van der Waals surface area (Å²) in [5.41, 5.74) is 1.04. The van der Waals surface area contributed by atoms with E-state index in [4.69, 9.17) is 16.3 Å². The minimum absolute atomic E-state index is 0.0130. The molecule has 0 saturated carbocycles. The zero-order valence-electron chi connectivity index (χ0n) is 11.7. The Balaban J connectivity index is 1.97.